The second-order valence-corrected chi connectivity index (χ2v) is 10.4. The molecule has 3 rings (SSSR count). The molecule has 0 aliphatic carbocycles. The predicted molar refractivity (Wildman–Crippen MR) is 136 cm³/mol. The van der Waals surface area contributed by atoms with E-state index in [1.807, 2.05) is 37.8 Å². The van der Waals surface area contributed by atoms with Gasteiger partial charge in [0.15, 0.2) is 0 Å². The van der Waals surface area contributed by atoms with Gasteiger partial charge in [0.1, 0.15) is 5.60 Å². The van der Waals surface area contributed by atoms with Gasteiger partial charge in [-0.1, -0.05) is 11.6 Å². The molecular weight excluding hydrogens is 472 g/mol. The molecule has 0 bridgehead atoms. The average molecular weight is 509 g/mol. The number of esters is 1. The van der Waals surface area contributed by atoms with Gasteiger partial charge in [0, 0.05) is 37.8 Å². The van der Waals surface area contributed by atoms with Crippen LogP contribution in [0.4, 0.5) is 16.2 Å². The number of benzene rings is 1. The Morgan fingerprint density at radius 3 is 2.29 bits per heavy atom. The zero-order chi connectivity index (χ0) is 25.6. The van der Waals surface area contributed by atoms with Gasteiger partial charge in [-0.3, -0.25) is 14.5 Å². The quantitative estimate of drug-likeness (QED) is 0.587. The lowest BCUT2D eigenvalue weighted by atomic mass is 9.96. The fraction of sp³-hybridized carbons (Fsp3) is 0.640. The van der Waals surface area contributed by atoms with E-state index in [2.05, 4.69) is 10.2 Å². The van der Waals surface area contributed by atoms with Crippen LogP contribution >= 0.6 is 11.6 Å². The minimum absolute atomic E-state index is 0.0319. The summed E-state index contributed by atoms with van der Waals surface area (Å²) in [6.07, 6.45) is 1.09. The maximum atomic E-state index is 12.8. The monoisotopic (exact) mass is 508 g/mol. The molecule has 2 heterocycles. The van der Waals surface area contributed by atoms with Crippen LogP contribution < -0.4 is 10.2 Å². The Morgan fingerprint density at radius 1 is 1.06 bits per heavy atom. The van der Waals surface area contributed by atoms with Crippen LogP contribution in [0.25, 0.3) is 0 Å². The van der Waals surface area contributed by atoms with Crippen molar-refractivity contribution in [1.29, 1.82) is 0 Å². The molecule has 2 saturated heterocycles. The van der Waals surface area contributed by atoms with Gasteiger partial charge in [0.2, 0.25) is 5.91 Å². The van der Waals surface area contributed by atoms with E-state index < -0.39 is 5.60 Å². The van der Waals surface area contributed by atoms with E-state index in [0.717, 1.165) is 5.69 Å². The van der Waals surface area contributed by atoms with Crippen LogP contribution in [0.5, 0.6) is 0 Å². The molecule has 2 fully saturated rings. The summed E-state index contributed by atoms with van der Waals surface area (Å²) in [5.41, 5.74) is 1.02. The maximum Gasteiger partial charge on any atom is 0.410 e. The van der Waals surface area contributed by atoms with E-state index in [4.69, 9.17) is 21.1 Å². The number of nitrogens with zero attached hydrogens (tertiary/aromatic N) is 3. The SMILES string of the molecule is CCOC(=O)CN1CCC(C(=O)Nc2ccc(N3CCN(C(=O)OC(C)(C)C)CC3)c(Cl)c2)CC1. The minimum atomic E-state index is -0.516. The number of piperazine rings is 1. The number of carbonyl (C=O) groups excluding carboxylic acids is 3. The second-order valence-electron chi connectivity index (χ2n) is 9.97. The Morgan fingerprint density at radius 2 is 1.71 bits per heavy atom. The molecule has 2 aliphatic heterocycles. The van der Waals surface area contributed by atoms with E-state index in [1.165, 1.54) is 0 Å². The number of carbonyl (C=O) groups is 3. The van der Waals surface area contributed by atoms with E-state index in [1.54, 1.807) is 17.9 Å². The largest absolute Gasteiger partial charge is 0.465 e. The molecule has 2 aliphatic rings. The lowest BCUT2D eigenvalue weighted by molar-refractivity contribution is -0.144. The van der Waals surface area contributed by atoms with Gasteiger partial charge in [-0.05, 0) is 71.8 Å². The van der Waals surface area contributed by atoms with Gasteiger partial charge < -0.3 is 24.6 Å². The summed E-state index contributed by atoms with van der Waals surface area (Å²) < 4.78 is 10.5. The van der Waals surface area contributed by atoms with Crippen LogP contribution in [0, 0.1) is 5.92 Å². The van der Waals surface area contributed by atoms with Crippen molar-refractivity contribution in [2.24, 2.45) is 5.92 Å². The van der Waals surface area contributed by atoms with Crippen LogP contribution in [0.15, 0.2) is 18.2 Å². The molecule has 9 nitrogen and oxygen atoms in total. The maximum absolute atomic E-state index is 12.8. The first-order valence-corrected chi connectivity index (χ1v) is 12.6. The fourth-order valence-electron chi connectivity index (χ4n) is 4.28. The number of ether oxygens (including phenoxy) is 2. The smallest absolute Gasteiger partial charge is 0.410 e. The van der Waals surface area contributed by atoms with Crippen LogP contribution in [0.2, 0.25) is 5.02 Å². The van der Waals surface area contributed by atoms with Crippen molar-refractivity contribution in [2.45, 2.75) is 46.1 Å². The standard InChI is InChI=1S/C25H37ClN4O5/c1-5-34-22(31)17-28-10-8-18(9-11-28)23(32)27-19-6-7-21(20(26)16-19)29-12-14-30(15-13-29)24(33)35-25(2,3)4/h6-7,16,18H,5,8-15,17H2,1-4H3,(H,27,32). The first-order valence-electron chi connectivity index (χ1n) is 12.3. The van der Waals surface area contributed by atoms with Crippen molar-refractivity contribution in [2.75, 3.05) is 62.6 Å². The second kappa shape index (κ2) is 11.9. The number of amides is 2. The Labute approximate surface area is 212 Å². The third-order valence-electron chi connectivity index (χ3n) is 6.10. The molecule has 1 N–H and O–H groups in total. The normalized spacial score (nSPS) is 17.7. The topological polar surface area (TPSA) is 91.4 Å². The number of halogens is 1. The predicted octanol–water partition coefficient (Wildman–Crippen LogP) is 3.61. The Balaban J connectivity index is 1.48. The molecule has 35 heavy (non-hydrogen) atoms. The molecular formula is C25H37ClN4O5. The van der Waals surface area contributed by atoms with Gasteiger partial charge in [0.25, 0.3) is 0 Å². The molecule has 0 atom stereocenters. The first-order chi connectivity index (χ1) is 16.6. The highest BCUT2D eigenvalue weighted by atomic mass is 35.5. The molecule has 10 heteroatoms. The van der Waals surface area contributed by atoms with Crippen LogP contribution in [-0.4, -0.2) is 85.8 Å². The van der Waals surface area contributed by atoms with E-state index in [9.17, 15) is 14.4 Å². The molecule has 0 unspecified atom stereocenters. The van der Waals surface area contributed by atoms with Crippen molar-refractivity contribution >= 4 is 40.9 Å². The highest BCUT2D eigenvalue weighted by Crippen LogP contribution is 2.30. The fourth-order valence-corrected chi connectivity index (χ4v) is 4.58. The molecule has 0 spiro atoms. The van der Waals surface area contributed by atoms with E-state index >= 15 is 0 Å². The van der Waals surface area contributed by atoms with Crippen molar-refractivity contribution in [1.82, 2.24) is 9.80 Å². The molecule has 0 aromatic heterocycles. The lowest BCUT2D eigenvalue weighted by Gasteiger charge is -2.37. The summed E-state index contributed by atoms with van der Waals surface area (Å²) in [6, 6.07) is 5.53. The number of piperidine rings is 1. The average Bonchev–Trinajstić information content (AvgIpc) is 2.79. The van der Waals surface area contributed by atoms with Crippen LogP contribution in [-0.2, 0) is 19.1 Å². The summed E-state index contributed by atoms with van der Waals surface area (Å²) >= 11 is 6.56. The van der Waals surface area contributed by atoms with Crippen molar-refractivity contribution in [3.8, 4) is 0 Å². The minimum Gasteiger partial charge on any atom is -0.465 e. The highest BCUT2D eigenvalue weighted by molar-refractivity contribution is 6.33. The summed E-state index contributed by atoms with van der Waals surface area (Å²) in [4.78, 5) is 42.6. The van der Waals surface area contributed by atoms with E-state index in [-0.39, 0.29) is 30.4 Å². The summed E-state index contributed by atoms with van der Waals surface area (Å²) in [5.74, 6) is -0.361. The number of nitrogens with one attached hydrogen (secondary N) is 1. The zero-order valence-corrected chi connectivity index (χ0v) is 21.9. The van der Waals surface area contributed by atoms with Crippen molar-refractivity contribution in [3.63, 3.8) is 0 Å². The summed E-state index contributed by atoms with van der Waals surface area (Å²) in [7, 11) is 0. The highest BCUT2D eigenvalue weighted by Gasteiger charge is 2.28. The molecule has 0 saturated carbocycles. The number of hydrogen-bond donors (Lipinski definition) is 1. The van der Waals surface area contributed by atoms with Crippen LogP contribution in [0.1, 0.15) is 40.5 Å². The van der Waals surface area contributed by atoms with Crippen LogP contribution in [0.3, 0.4) is 0 Å². The van der Waals surface area contributed by atoms with Gasteiger partial charge in [-0.2, -0.15) is 0 Å². The number of anilines is 2. The number of likely N-dealkylation sites (tertiary alicyclic amines) is 1. The molecule has 1 aromatic rings. The molecule has 2 amide bonds. The van der Waals surface area contributed by atoms with Gasteiger partial charge >= 0.3 is 12.1 Å². The van der Waals surface area contributed by atoms with Crippen molar-refractivity contribution < 1.29 is 23.9 Å². The third-order valence-corrected chi connectivity index (χ3v) is 6.41. The molecule has 194 valence electrons. The van der Waals surface area contributed by atoms with Crippen molar-refractivity contribution in [3.05, 3.63) is 23.2 Å². The summed E-state index contributed by atoms with van der Waals surface area (Å²) in [6.45, 7) is 11.8. The molecule has 0 radical (unpaired) electrons. The van der Waals surface area contributed by atoms with Gasteiger partial charge in [0.05, 0.1) is 23.9 Å². The molecule has 1 aromatic carbocycles. The third kappa shape index (κ3) is 8.00. The van der Waals surface area contributed by atoms with Gasteiger partial charge in [-0.15, -0.1) is 0 Å². The Hall–Kier alpha value is -2.52. The first kappa shape index (κ1) is 27.1. The zero-order valence-electron chi connectivity index (χ0n) is 21.1. The lowest BCUT2D eigenvalue weighted by Crippen LogP contribution is -2.50. The van der Waals surface area contributed by atoms with E-state index in [0.29, 0.717) is 69.4 Å². The van der Waals surface area contributed by atoms with Gasteiger partial charge in [-0.25, -0.2) is 4.79 Å². The summed E-state index contributed by atoms with van der Waals surface area (Å²) in [5, 5.41) is 3.53. The number of rotatable bonds is 6. The Kier molecular flexibility index (Phi) is 9.24. The Bertz CT molecular complexity index is 904. The number of hydrogen-bond acceptors (Lipinski definition) is 7.